The zero-order valence-electron chi connectivity index (χ0n) is 10.1. The van der Waals surface area contributed by atoms with E-state index in [1.165, 1.54) is 12.2 Å². The van der Waals surface area contributed by atoms with Gasteiger partial charge in [-0.05, 0) is 24.5 Å². The SMILES string of the molecule is C[C@H]1CCn2cc(-c3ccc(N)cc3)nc2C1. The van der Waals surface area contributed by atoms with E-state index in [1.54, 1.807) is 0 Å². The van der Waals surface area contributed by atoms with Crippen molar-refractivity contribution in [2.45, 2.75) is 26.3 Å². The zero-order chi connectivity index (χ0) is 11.8. The summed E-state index contributed by atoms with van der Waals surface area (Å²) >= 11 is 0. The number of aromatic nitrogens is 2. The number of benzene rings is 1. The number of rotatable bonds is 1. The first-order chi connectivity index (χ1) is 8.22. The fraction of sp³-hybridized carbons (Fsp3) is 0.357. The molecule has 0 aliphatic carbocycles. The third kappa shape index (κ3) is 1.93. The normalized spacial score (nSPS) is 19.0. The maximum atomic E-state index is 5.69. The molecule has 1 aliphatic heterocycles. The van der Waals surface area contributed by atoms with E-state index in [9.17, 15) is 0 Å². The van der Waals surface area contributed by atoms with Crippen LogP contribution in [0.2, 0.25) is 0 Å². The number of nitrogens with zero attached hydrogens (tertiary/aromatic N) is 2. The highest BCUT2D eigenvalue weighted by Crippen LogP contribution is 2.25. The van der Waals surface area contributed by atoms with Gasteiger partial charge in [0.1, 0.15) is 5.82 Å². The molecule has 3 rings (SSSR count). The van der Waals surface area contributed by atoms with Crippen molar-refractivity contribution < 1.29 is 0 Å². The summed E-state index contributed by atoms with van der Waals surface area (Å²) in [6.07, 6.45) is 4.51. The molecule has 0 radical (unpaired) electrons. The van der Waals surface area contributed by atoms with E-state index in [0.29, 0.717) is 0 Å². The Labute approximate surface area is 101 Å². The number of anilines is 1. The minimum absolute atomic E-state index is 0.754. The molecule has 1 aromatic carbocycles. The maximum absolute atomic E-state index is 5.69. The molecular formula is C14H17N3. The highest BCUT2D eigenvalue weighted by atomic mass is 15.1. The fourth-order valence-corrected chi connectivity index (χ4v) is 2.38. The molecule has 2 heterocycles. The largest absolute Gasteiger partial charge is 0.399 e. The summed E-state index contributed by atoms with van der Waals surface area (Å²) in [5.41, 5.74) is 8.70. The predicted octanol–water partition coefficient (Wildman–Crippen LogP) is 2.71. The average molecular weight is 227 g/mol. The third-order valence-corrected chi connectivity index (χ3v) is 3.46. The Bertz CT molecular complexity index is 525. The van der Waals surface area contributed by atoms with Crippen molar-refractivity contribution >= 4 is 5.69 Å². The lowest BCUT2D eigenvalue weighted by molar-refractivity contribution is 0.409. The molecule has 0 bridgehead atoms. The molecule has 1 aliphatic rings. The molecule has 0 unspecified atom stereocenters. The number of hydrogen-bond acceptors (Lipinski definition) is 2. The number of imidazole rings is 1. The molecule has 0 amide bonds. The molecule has 0 saturated carbocycles. The molecular weight excluding hydrogens is 210 g/mol. The van der Waals surface area contributed by atoms with Crippen LogP contribution in [0, 0.1) is 5.92 Å². The highest BCUT2D eigenvalue weighted by Gasteiger charge is 2.17. The van der Waals surface area contributed by atoms with Crippen LogP contribution >= 0.6 is 0 Å². The number of nitrogen functional groups attached to an aromatic ring is 1. The summed E-state index contributed by atoms with van der Waals surface area (Å²) in [7, 11) is 0. The molecule has 0 fully saturated rings. The lowest BCUT2D eigenvalue weighted by atomic mass is 10.0. The van der Waals surface area contributed by atoms with Gasteiger partial charge in [0.15, 0.2) is 0 Å². The van der Waals surface area contributed by atoms with Crippen LogP contribution in [0.1, 0.15) is 19.2 Å². The molecule has 0 saturated heterocycles. The zero-order valence-corrected chi connectivity index (χ0v) is 10.1. The van der Waals surface area contributed by atoms with E-state index in [2.05, 4.69) is 17.7 Å². The Balaban J connectivity index is 1.97. The molecule has 2 N–H and O–H groups in total. The van der Waals surface area contributed by atoms with Crippen molar-refractivity contribution in [3.05, 3.63) is 36.3 Å². The Kier molecular flexibility index (Phi) is 2.39. The van der Waals surface area contributed by atoms with Crippen LogP contribution in [-0.2, 0) is 13.0 Å². The average Bonchev–Trinajstić information content (AvgIpc) is 2.72. The number of fused-ring (bicyclic) bond motifs is 1. The van der Waals surface area contributed by atoms with Gasteiger partial charge < -0.3 is 10.3 Å². The van der Waals surface area contributed by atoms with Crippen LogP contribution in [-0.4, -0.2) is 9.55 Å². The number of hydrogen-bond donors (Lipinski definition) is 1. The van der Waals surface area contributed by atoms with Crippen molar-refractivity contribution in [3.8, 4) is 11.3 Å². The van der Waals surface area contributed by atoms with E-state index in [0.717, 1.165) is 35.8 Å². The van der Waals surface area contributed by atoms with Gasteiger partial charge in [0, 0.05) is 30.4 Å². The fourth-order valence-electron chi connectivity index (χ4n) is 2.38. The number of aryl methyl sites for hydroxylation is 1. The molecule has 1 aromatic heterocycles. The smallest absolute Gasteiger partial charge is 0.109 e. The van der Waals surface area contributed by atoms with Gasteiger partial charge in [-0.3, -0.25) is 0 Å². The van der Waals surface area contributed by atoms with Gasteiger partial charge in [-0.2, -0.15) is 0 Å². The maximum Gasteiger partial charge on any atom is 0.109 e. The molecule has 17 heavy (non-hydrogen) atoms. The Morgan fingerprint density at radius 2 is 2.06 bits per heavy atom. The van der Waals surface area contributed by atoms with E-state index < -0.39 is 0 Å². The van der Waals surface area contributed by atoms with Crippen molar-refractivity contribution in [2.24, 2.45) is 5.92 Å². The summed E-state index contributed by atoms with van der Waals surface area (Å²) in [6, 6.07) is 7.92. The highest BCUT2D eigenvalue weighted by molar-refractivity contribution is 5.61. The quantitative estimate of drug-likeness (QED) is 0.761. The molecule has 1 atom stereocenters. The van der Waals surface area contributed by atoms with Crippen LogP contribution in [0.3, 0.4) is 0 Å². The van der Waals surface area contributed by atoms with E-state index in [-0.39, 0.29) is 0 Å². The van der Waals surface area contributed by atoms with Gasteiger partial charge in [-0.25, -0.2) is 4.98 Å². The van der Waals surface area contributed by atoms with E-state index in [1.807, 2.05) is 24.3 Å². The van der Waals surface area contributed by atoms with Gasteiger partial charge in [0.2, 0.25) is 0 Å². The first-order valence-corrected chi connectivity index (χ1v) is 6.14. The van der Waals surface area contributed by atoms with Gasteiger partial charge in [0.25, 0.3) is 0 Å². The Morgan fingerprint density at radius 3 is 2.82 bits per heavy atom. The molecule has 2 aromatic rings. The lowest BCUT2D eigenvalue weighted by Gasteiger charge is -2.18. The van der Waals surface area contributed by atoms with Crippen molar-refractivity contribution in [1.82, 2.24) is 9.55 Å². The minimum atomic E-state index is 0.754. The van der Waals surface area contributed by atoms with Crippen molar-refractivity contribution in [2.75, 3.05) is 5.73 Å². The number of nitrogens with two attached hydrogens (primary N) is 1. The predicted molar refractivity (Wildman–Crippen MR) is 69.6 cm³/mol. The van der Waals surface area contributed by atoms with Crippen LogP contribution < -0.4 is 5.73 Å². The summed E-state index contributed by atoms with van der Waals surface area (Å²) in [5.74, 6) is 1.97. The molecule has 88 valence electrons. The minimum Gasteiger partial charge on any atom is -0.399 e. The van der Waals surface area contributed by atoms with E-state index in [4.69, 9.17) is 10.7 Å². The summed E-state index contributed by atoms with van der Waals surface area (Å²) in [6.45, 7) is 3.39. The van der Waals surface area contributed by atoms with Gasteiger partial charge in [-0.15, -0.1) is 0 Å². The van der Waals surface area contributed by atoms with Gasteiger partial charge in [-0.1, -0.05) is 19.1 Å². The van der Waals surface area contributed by atoms with Crippen molar-refractivity contribution in [3.63, 3.8) is 0 Å². The first kappa shape index (κ1) is 10.4. The van der Waals surface area contributed by atoms with E-state index >= 15 is 0 Å². The Morgan fingerprint density at radius 1 is 1.29 bits per heavy atom. The molecule has 3 nitrogen and oxygen atoms in total. The van der Waals surface area contributed by atoms with Crippen LogP contribution in [0.15, 0.2) is 30.5 Å². The topological polar surface area (TPSA) is 43.8 Å². The summed E-state index contributed by atoms with van der Waals surface area (Å²) < 4.78 is 2.28. The monoisotopic (exact) mass is 227 g/mol. The van der Waals surface area contributed by atoms with Crippen LogP contribution in [0.25, 0.3) is 11.3 Å². The van der Waals surface area contributed by atoms with Gasteiger partial charge >= 0.3 is 0 Å². The summed E-state index contributed by atoms with van der Waals surface area (Å²) in [5, 5.41) is 0. The Hall–Kier alpha value is -1.77. The summed E-state index contributed by atoms with van der Waals surface area (Å²) in [4.78, 5) is 4.72. The lowest BCUT2D eigenvalue weighted by Crippen LogP contribution is -2.16. The second-order valence-electron chi connectivity index (χ2n) is 4.96. The van der Waals surface area contributed by atoms with Crippen molar-refractivity contribution in [1.29, 1.82) is 0 Å². The van der Waals surface area contributed by atoms with Gasteiger partial charge in [0.05, 0.1) is 5.69 Å². The third-order valence-electron chi connectivity index (χ3n) is 3.46. The molecule has 3 heteroatoms. The van der Waals surface area contributed by atoms with Crippen LogP contribution in [0.4, 0.5) is 5.69 Å². The first-order valence-electron chi connectivity index (χ1n) is 6.14. The standard InChI is InChI=1S/C14H17N3/c1-10-6-7-17-9-13(16-14(17)8-10)11-2-4-12(15)5-3-11/h2-5,9-10H,6-8,15H2,1H3/t10-/m0/s1. The van der Waals surface area contributed by atoms with Crippen LogP contribution in [0.5, 0.6) is 0 Å². The second kappa shape index (κ2) is 3.91. The second-order valence-corrected chi connectivity index (χ2v) is 4.96. The molecule has 0 spiro atoms.